The highest BCUT2D eigenvalue weighted by molar-refractivity contribution is 5.25. The minimum Gasteiger partial charge on any atom is -0.203 e. The highest BCUT2D eigenvalue weighted by atomic mass is 19.2. The molecule has 1 aliphatic rings. The van der Waals surface area contributed by atoms with E-state index < -0.39 is 11.6 Å². The van der Waals surface area contributed by atoms with E-state index in [4.69, 9.17) is 0 Å². The van der Waals surface area contributed by atoms with Crippen molar-refractivity contribution in [1.82, 2.24) is 0 Å². The maximum absolute atomic E-state index is 13.7. The molecule has 1 aromatic rings. The van der Waals surface area contributed by atoms with E-state index in [0.29, 0.717) is 23.5 Å². The van der Waals surface area contributed by atoms with Crippen LogP contribution in [-0.2, 0) is 6.42 Å². The van der Waals surface area contributed by atoms with E-state index in [1.807, 2.05) is 0 Å². The fourth-order valence-electron chi connectivity index (χ4n) is 2.69. The van der Waals surface area contributed by atoms with Crippen LogP contribution >= 0.6 is 0 Å². The van der Waals surface area contributed by atoms with Crippen LogP contribution in [0.1, 0.15) is 43.7 Å². The minimum absolute atomic E-state index is 0.392. The van der Waals surface area contributed by atoms with Crippen LogP contribution in [-0.4, -0.2) is 0 Å². The van der Waals surface area contributed by atoms with Gasteiger partial charge in [0.1, 0.15) is 0 Å². The molecule has 0 nitrogen and oxygen atoms in total. The highest BCUT2D eigenvalue weighted by Gasteiger charge is 2.20. The molecule has 0 heterocycles. The molecule has 0 saturated heterocycles. The first-order valence-corrected chi connectivity index (χ1v) is 6.51. The molecular formula is C15H20F2. The Morgan fingerprint density at radius 1 is 1.06 bits per heavy atom. The van der Waals surface area contributed by atoms with Crippen LogP contribution in [0.4, 0.5) is 8.78 Å². The number of hydrogen-bond acceptors (Lipinski definition) is 0. The van der Waals surface area contributed by atoms with Gasteiger partial charge in [0.05, 0.1) is 0 Å². The van der Waals surface area contributed by atoms with Crippen LogP contribution in [0, 0.1) is 30.4 Å². The standard InChI is InChI=1S/C15H20F2/c1-10-3-6-12(7-4-10)9-13-8-5-11(2)14(16)15(13)17/h5,8,10,12H,3-4,6-7,9H2,1-2H3. The van der Waals surface area contributed by atoms with Gasteiger partial charge >= 0.3 is 0 Å². The Bertz CT molecular complexity index is 390. The molecule has 0 aromatic heterocycles. The van der Waals surface area contributed by atoms with Crippen LogP contribution in [0.3, 0.4) is 0 Å². The van der Waals surface area contributed by atoms with Gasteiger partial charge in [0.15, 0.2) is 11.6 Å². The second-order valence-corrected chi connectivity index (χ2v) is 5.50. The average molecular weight is 238 g/mol. The first-order chi connectivity index (χ1) is 8.08. The van der Waals surface area contributed by atoms with E-state index in [9.17, 15) is 8.78 Å². The first-order valence-electron chi connectivity index (χ1n) is 6.51. The lowest BCUT2D eigenvalue weighted by Crippen LogP contribution is -2.15. The predicted molar refractivity (Wildman–Crippen MR) is 65.9 cm³/mol. The molecule has 0 N–H and O–H groups in total. The van der Waals surface area contributed by atoms with Crippen molar-refractivity contribution in [2.24, 2.45) is 11.8 Å². The number of rotatable bonds is 2. The Morgan fingerprint density at radius 2 is 1.71 bits per heavy atom. The number of hydrogen-bond donors (Lipinski definition) is 0. The van der Waals surface area contributed by atoms with Crippen molar-refractivity contribution in [3.63, 3.8) is 0 Å². The molecule has 1 fully saturated rings. The van der Waals surface area contributed by atoms with E-state index in [1.165, 1.54) is 12.8 Å². The third-order valence-electron chi connectivity index (χ3n) is 4.00. The number of aryl methyl sites for hydroxylation is 1. The summed E-state index contributed by atoms with van der Waals surface area (Å²) in [5.74, 6) is 0.0176. The summed E-state index contributed by atoms with van der Waals surface area (Å²) < 4.78 is 27.2. The highest BCUT2D eigenvalue weighted by Crippen LogP contribution is 2.31. The van der Waals surface area contributed by atoms with Crippen molar-refractivity contribution in [1.29, 1.82) is 0 Å². The molecule has 17 heavy (non-hydrogen) atoms. The molecule has 0 aliphatic heterocycles. The first kappa shape index (κ1) is 12.5. The van der Waals surface area contributed by atoms with E-state index in [2.05, 4.69) is 6.92 Å². The quantitative estimate of drug-likeness (QED) is 0.704. The summed E-state index contributed by atoms with van der Waals surface area (Å²) in [5.41, 5.74) is 0.941. The van der Waals surface area contributed by atoms with Gasteiger partial charge in [0, 0.05) is 0 Å². The smallest absolute Gasteiger partial charge is 0.162 e. The molecule has 1 aromatic carbocycles. The summed E-state index contributed by atoms with van der Waals surface area (Å²) in [6.45, 7) is 3.87. The summed E-state index contributed by atoms with van der Waals surface area (Å²) >= 11 is 0. The molecule has 0 unspecified atom stereocenters. The predicted octanol–water partition coefficient (Wildman–Crippen LogP) is 4.64. The van der Waals surface area contributed by atoms with Crippen molar-refractivity contribution in [2.75, 3.05) is 0 Å². The van der Waals surface area contributed by atoms with Crippen LogP contribution < -0.4 is 0 Å². The van der Waals surface area contributed by atoms with E-state index in [1.54, 1.807) is 19.1 Å². The summed E-state index contributed by atoms with van der Waals surface area (Å²) in [6, 6.07) is 3.42. The molecule has 0 spiro atoms. The van der Waals surface area contributed by atoms with Gasteiger partial charge in [0.2, 0.25) is 0 Å². The van der Waals surface area contributed by atoms with E-state index in [-0.39, 0.29) is 0 Å². The molecule has 94 valence electrons. The van der Waals surface area contributed by atoms with E-state index in [0.717, 1.165) is 18.8 Å². The molecule has 1 saturated carbocycles. The topological polar surface area (TPSA) is 0 Å². The molecular weight excluding hydrogens is 218 g/mol. The fraction of sp³-hybridized carbons (Fsp3) is 0.600. The van der Waals surface area contributed by atoms with E-state index >= 15 is 0 Å². The normalized spacial score (nSPS) is 24.9. The maximum atomic E-state index is 13.7. The van der Waals surface area contributed by atoms with Gasteiger partial charge in [-0.2, -0.15) is 0 Å². The van der Waals surface area contributed by atoms with Gasteiger partial charge in [-0.3, -0.25) is 0 Å². The zero-order valence-corrected chi connectivity index (χ0v) is 10.6. The molecule has 0 bridgehead atoms. The van der Waals surface area contributed by atoms with Gasteiger partial charge in [0.25, 0.3) is 0 Å². The number of halogens is 2. The maximum Gasteiger partial charge on any atom is 0.162 e. The number of benzene rings is 1. The monoisotopic (exact) mass is 238 g/mol. The van der Waals surface area contributed by atoms with Gasteiger partial charge in [-0.15, -0.1) is 0 Å². The second kappa shape index (κ2) is 5.16. The van der Waals surface area contributed by atoms with Crippen LogP contribution in [0.2, 0.25) is 0 Å². The summed E-state index contributed by atoms with van der Waals surface area (Å²) in [7, 11) is 0. The molecule has 2 rings (SSSR count). The Balaban J connectivity index is 2.06. The molecule has 2 heteroatoms. The Labute approximate surface area is 102 Å². The molecule has 0 atom stereocenters. The third-order valence-corrected chi connectivity index (χ3v) is 4.00. The Kier molecular flexibility index (Phi) is 3.80. The molecule has 0 radical (unpaired) electrons. The van der Waals surface area contributed by atoms with Crippen molar-refractivity contribution < 1.29 is 8.78 Å². The summed E-state index contributed by atoms with van der Waals surface area (Å²) in [5, 5.41) is 0. The van der Waals surface area contributed by atoms with Gasteiger partial charge in [-0.25, -0.2) is 8.78 Å². The third kappa shape index (κ3) is 2.85. The molecule has 0 amide bonds. The van der Waals surface area contributed by atoms with Crippen molar-refractivity contribution in [3.05, 3.63) is 34.9 Å². The Hall–Kier alpha value is -0.920. The van der Waals surface area contributed by atoms with Crippen molar-refractivity contribution in [3.8, 4) is 0 Å². The van der Waals surface area contributed by atoms with Gasteiger partial charge < -0.3 is 0 Å². The van der Waals surface area contributed by atoms with Crippen molar-refractivity contribution in [2.45, 2.75) is 46.0 Å². The lowest BCUT2D eigenvalue weighted by Gasteiger charge is -2.26. The van der Waals surface area contributed by atoms with Crippen LogP contribution in [0.15, 0.2) is 12.1 Å². The lowest BCUT2D eigenvalue weighted by atomic mass is 9.80. The lowest BCUT2D eigenvalue weighted by molar-refractivity contribution is 0.286. The summed E-state index contributed by atoms with van der Waals surface area (Å²) in [4.78, 5) is 0. The summed E-state index contributed by atoms with van der Waals surface area (Å²) in [6.07, 6.45) is 5.43. The second-order valence-electron chi connectivity index (χ2n) is 5.50. The van der Waals surface area contributed by atoms with Gasteiger partial charge in [-0.05, 0) is 49.1 Å². The van der Waals surface area contributed by atoms with Crippen LogP contribution in [0.25, 0.3) is 0 Å². The SMILES string of the molecule is Cc1ccc(CC2CCC(C)CC2)c(F)c1F. The zero-order chi connectivity index (χ0) is 12.4. The zero-order valence-electron chi connectivity index (χ0n) is 10.6. The largest absolute Gasteiger partial charge is 0.203 e. The fourth-order valence-corrected chi connectivity index (χ4v) is 2.69. The average Bonchev–Trinajstić information content (AvgIpc) is 2.33. The minimum atomic E-state index is -0.674. The van der Waals surface area contributed by atoms with Crippen molar-refractivity contribution >= 4 is 0 Å². The molecule has 1 aliphatic carbocycles. The Morgan fingerprint density at radius 3 is 2.35 bits per heavy atom. The van der Waals surface area contributed by atoms with Crippen LogP contribution in [0.5, 0.6) is 0 Å². The van der Waals surface area contributed by atoms with Gasteiger partial charge in [-0.1, -0.05) is 31.9 Å².